The molecule has 5 aliphatic heterocycles. The molecule has 4 fully saturated rings. The number of rotatable bonds is 10. The summed E-state index contributed by atoms with van der Waals surface area (Å²) < 4.78 is 53.3. The Morgan fingerprint density at radius 1 is 1.10 bits per heavy atom. The number of aromatic nitrogens is 3. The number of cyclic esters (lactones) is 1. The molecule has 0 aliphatic carbocycles. The molecule has 0 spiro atoms. The molecule has 17 nitrogen and oxygen atoms in total. The third-order valence-corrected chi connectivity index (χ3v) is 16.4. The number of esters is 1. The predicted molar refractivity (Wildman–Crippen MR) is 275 cm³/mol. The number of ether oxygens (including phenoxy) is 3. The highest BCUT2D eigenvalue weighted by Crippen LogP contribution is 2.44. The molecular formula is C53H70F2N10O7S. The summed E-state index contributed by atoms with van der Waals surface area (Å²) in [4.78, 5) is 72.0. The number of likely N-dealkylation sites (tertiary alicyclic amines) is 1. The van der Waals surface area contributed by atoms with E-state index in [2.05, 4.69) is 46.7 Å². The van der Waals surface area contributed by atoms with E-state index in [0.717, 1.165) is 38.5 Å². The number of benzene rings is 1. The number of morpholine rings is 1. The summed E-state index contributed by atoms with van der Waals surface area (Å²) in [6.45, 7) is 18.6. The number of piperidine rings is 1. The zero-order valence-electron chi connectivity index (χ0n) is 43.4. The summed E-state index contributed by atoms with van der Waals surface area (Å²) in [6, 6.07) is 2.76. The highest BCUT2D eigenvalue weighted by atomic mass is 32.1. The fourth-order valence-corrected chi connectivity index (χ4v) is 11.5. The summed E-state index contributed by atoms with van der Waals surface area (Å²) in [5.41, 5.74) is 6.69. The van der Waals surface area contributed by atoms with E-state index in [4.69, 9.17) is 24.2 Å². The number of hydrazine groups is 1. The summed E-state index contributed by atoms with van der Waals surface area (Å²) in [7, 11) is 4.92. The first-order valence-electron chi connectivity index (χ1n) is 25.6. The van der Waals surface area contributed by atoms with Gasteiger partial charge in [0.2, 0.25) is 11.8 Å². The van der Waals surface area contributed by atoms with Gasteiger partial charge in [0, 0.05) is 112 Å². The van der Waals surface area contributed by atoms with Crippen molar-refractivity contribution in [2.75, 3.05) is 85.2 Å². The Balaban J connectivity index is 1.06. The van der Waals surface area contributed by atoms with Crippen molar-refractivity contribution in [3.8, 4) is 22.5 Å². The molecular weight excluding hydrogens is 959 g/mol. The number of halogens is 2. The molecule has 4 aromatic rings. The number of nitrogens with one attached hydrogen (secondary N) is 2. The van der Waals surface area contributed by atoms with Crippen LogP contribution in [0.5, 0.6) is 0 Å². The largest absolute Gasteiger partial charge is 0.464 e. The predicted octanol–water partition coefficient (Wildman–Crippen LogP) is 5.66. The van der Waals surface area contributed by atoms with Gasteiger partial charge in [0.25, 0.3) is 5.91 Å². The first-order valence-corrected chi connectivity index (χ1v) is 26.5. The lowest BCUT2D eigenvalue weighted by Gasteiger charge is -2.40. The lowest BCUT2D eigenvalue weighted by Crippen LogP contribution is -2.59. The van der Waals surface area contributed by atoms with Crippen molar-refractivity contribution in [1.29, 1.82) is 0 Å². The van der Waals surface area contributed by atoms with Crippen LogP contribution in [0.2, 0.25) is 0 Å². The minimum Gasteiger partial charge on any atom is -0.464 e. The zero-order chi connectivity index (χ0) is 52.1. The van der Waals surface area contributed by atoms with Gasteiger partial charge in [-0.2, -0.15) is 0 Å². The van der Waals surface area contributed by atoms with Gasteiger partial charge in [0.15, 0.2) is 5.67 Å². The number of fused-ring (bicyclic) bond motifs is 6. The highest BCUT2D eigenvalue weighted by molar-refractivity contribution is 7.10. The maximum Gasteiger partial charge on any atom is 0.324 e. The first kappa shape index (κ1) is 52.3. The van der Waals surface area contributed by atoms with Gasteiger partial charge in [-0.3, -0.25) is 29.1 Å². The summed E-state index contributed by atoms with van der Waals surface area (Å²) in [5.74, 6) is -2.33. The van der Waals surface area contributed by atoms with E-state index < -0.39 is 52.8 Å². The van der Waals surface area contributed by atoms with Gasteiger partial charge < -0.3 is 43.8 Å². The van der Waals surface area contributed by atoms with E-state index in [1.54, 1.807) is 23.1 Å². The third kappa shape index (κ3) is 10.6. The molecule has 73 heavy (non-hydrogen) atoms. The number of alkyl halides is 1. The summed E-state index contributed by atoms with van der Waals surface area (Å²) >= 11 is 1.32. The summed E-state index contributed by atoms with van der Waals surface area (Å²) in [6.07, 6.45) is 2.87. The Kier molecular flexibility index (Phi) is 15.1. The van der Waals surface area contributed by atoms with Crippen molar-refractivity contribution in [3.05, 3.63) is 64.1 Å². The lowest BCUT2D eigenvalue weighted by molar-refractivity contribution is -0.153. The topological polar surface area (TPSA) is 167 Å². The molecule has 5 aliphatic rings. The Morgan fingerprint density at radius 2 is 1.82 bits per heavy atom. The van der Waals surface area contributed by atoms with Crippen LogP contribution in [0.1, 0.15) is 82.7 Å². The van der Waals surface area contributed by atoms with Crippen molar-refractivity contribution in [3.63, 3.8) is 0 Å². The molecule has 1 aromatic carbocycles. The number of anilines is 1. The minimum absolute atomic E-state index is 0.0612. The highest BCUT2D eigenvalue weighted by Gasteiger charge is 2.48. The number of aryl methyl sites for hydroxylation is 1. The first-order chi connectivity index (χ1) is 34.8. The van der Waals surface area contributed by atoms with E-state index in [9.17, 15) is 19.2 Å². The smallest absolute Gasteiger partial charge is 0.324 e. The van der Waals surface area contributed by atoms with Crippen molar-refractivity contribution < 1.29 is 42.2 Å². The van der Waals surface area contributed by atoms with E-state index in [1.165, 1.54) is 25.3 Å². The van der Waals surface area contributed by atoms with Gasteiger partial charge in [0.05, 0.1) is 71.5 Å². The second kappa shape index (κ2) is 21.0. The van der Waals surface area contributed by atoms with Crippen LogP contribution in [0.25, 0.3) is 33.4 Å². The normalized spacial score (nSPS) is 24.1. The van der Waals surface area contributed by atoms with Crippen LogP contribution < -0.4 is 15.6 Å². The quantitative estimate of drug-likeness (QED) is 0.148. The van der Waals surface area contributed by atoms with Crippen LogP contribution in [0, 0.1) is 11.2 Å². The number of hydrogen-bond donors (Lipinski definition) is 2. The standard InChI is InChI=1S/C53H70F2N10O7S/c1-10-64-43-24-39(54)36-23-35(43)38(47(64)37-22-34(62-18-20-71-21-19-62)27-56-46(37)33(4)70-9)26-52(5,6)30-72-50(68)40-12-11-15-65(59-40)31(2)41(25-45-57-42(36)29-73-45)58-48(66)32(3)61(8)51(69)53(55)13-16-63(17-14-53)49(67)44-28-60(44)7/h22-24,27,29,32-33,40-41,44,59H,2,10-21,25-26,28,30H2,1,3-9H3,(H,58,66)/t32-,33-,40-,41-,44+,60?/m0/s1. The molecule has 8 heterocycles. The van der Waals surface area contributed by atoms with Crippen LogP contribution >= 0.6 is 11.3 Å². The molecule has 4 saturated heterocycles. The Hall–Kier alpha value is -5.54. The average molecular weight is 1030 g/mol. The second-order valence-electron chi connectivity index (χ2n) is 21.2. The fraction of sp³-hybridized carbons (Fsp3) is 0.585. The molecule has 0 radical (unpaired) electrons. The molecule has 6 bridgehead atoms. The maximum absolute atomic E-state index is 16.9. The molecule has 3 amide bonds. The molecule has 1 unspecified atom stereocenters. The number of likely N-dealkylation sites (N-methyl/N-ethyl adjacent to an activating group) is 2. The van der Waals surface area contributed by atoms with E-state index in [-0.39, 0.29) is 57.0 Å². The van der Waals surface area contributed by atoms with Crippen molar-refractivity contribution in [2.45, 2.75) is 116 Å². The average Bonchev–Trinajstić information content (AvgIpc) is 3.82. The van der Waals surface area contributed by atoms with E-state index >= 15 is 8.78 Å². The van der Waals surface area contributed by atoms with E-state index in [1.807, 2.05) is 43.4 Å². The number of hydrogen-bond acceptors (Lipinski definition) is 14. The minimum atomic E-state index is -2.25. The molecule has 0 saturated carbocycles. The SMILES string of the molecule is C=C1[C@@H](NC(=O)[C@H](C)N(C)C(=O)C2(F)CCN(C(=O)[C@H]3CN3C)CC2)Cc2nc(cs2)-c2cc3c(c(-c4cc(N5CCOCC5)cnc4[C@H](C)OC)n(CC)c3cc2F)CC(C)(C)COC(=O)[C@@H]2CCCN1N2. The van der Waals surface area contributed by atoms with Gasteiger partial charge in [-0.15, -0.1) is 11.3 Å². The Morgan fingerprint density at radius 3 is 2.51 bits per heavy atom. The monoisotopic (exact) mass is 1030 g/mol. The number of methoxy groups -OCH3 is 1. The summed E-state index contributed by atoms with van der Waals surface area (Å²) in [5, 5.41) is 8.03. The van der Waals surface area contributed by atoms with E-state index in [0.29, 0.717) is 92.7 Å². The van der Waals surface area contributed by atoms with Crippen molar-refractivity contribution >= 4 is 51.6 Å². The van der Waals surface area contributed by atoms with Crippen LogP contribution in [0.15, 0.2) is 42.1 Å². The van der Waals surface area contributed by atoms with Crippen molar-refractivity contribution in [2.24, 2.45) is 5.41 Å². The second-order valence-corrected chi connectivity index (χ2v) is 22.1. The maximum atomic E-state index is 16.9. The zero-order valence-corrected chi connectivity index (χ0v) is 44.2. The van der Waals surface area contributed by atoms with Crippen molar-refractivity contribution in [1.82, 2.24) is 45.0 Å². The molecule has 394 valence electrons. The number of nitrogens with zero attached hydrogens (tertiary/aromatic N) is 8. The van der Waals surface area contributed by atoms with Gasteiger partial charge >= 0.3 is 5.97 Å². The molecule has 20 heteroatoms. The Labute approximate surface area is 430 Å². The molecule has 3 aromatic heterocycles. The fourth-order valence-electron chi connectivity index (χ4n) is 10.7. The Bertz CT molecular complexity index is 2770. The number of pyridine rings is 1. The van der Waals surface area contributed by atoms with Crippen LogP contribution in [-0.4, -0.2) is 168 Å². The number of carbonyl (C=O) groups excluding carboxylic acids is 4. The number of thiazole rings is 1. The number of amides is 3. The van der Waals surface area contributed by atoms with Gasteiger partial charge in [-0.05, 0) is 70.8 Å². The molecule has 2 N–H and O–H groups in total. The third-order valence-electron chi connectivity index (χ3n) is 15.5. The lowest BCUT2D eigenvalue weighted by atomic mass is 9.84. The molecule has 9 rings (SSSR count). The van der Waals surface area contributed by atoms with Gasteiger partial charge in [-0.1, -0.05) is 20.4 Å². The number of carbonyl (C=O) groups is 4. The molecule has 6 atom stereocenters. The van der Waals surface area contributed by atoms with Crippen LogP contribution in [0.4, 0.5) is 14.5 Å². The van der Waals surface area contributed by atoms with Crippen LogP contribution in [0.3, 0.4) is 0 Å². The van der Waals surface area contributed by atoms with Gasteiger partial charge in [-0.25, -0.2) is 19.2 Å². The van der Waals surface area contributed by atoms with Crippen LogP contribution in [-0.2, 0) is 52.8 Å². The van der Waals surface area contributed by atoms with Gasteiger partial charge in [0.1, 0.15) is 23.9 Å².